The normalized spacial score (nSPS) is 19.9. The van der Waals surface area contributed by atoms with Crippen molar-refractivity contribution in [2.24, 2.45) is 0 Å². The van der Waals surface area contributed by atoms with Crippen LogP contribution in [-0.4, -0.2) is 40.6 Å². The van der Waals surface area contributed by atoms with Gasteiger partial charge in [-0.1, -0.05) is 30.3 Å². The number of nitrogens with one attached hydrogen (secondary N) is 1. The van der Waals surface area contributed by atoms with Gasteiger partial charge in [0.05, 0.1) is 18.2 Å². The summed E-state index contributed by atoms with van der Waals surface area (Å²) in [4.78, 5) is 22.6. The topological polar surface area (TPSA) is 91.1 Å². The molecule has 7 nitrogen and oxygen atoms in total. The average molecular weight is 337 g/mol. The quantitative estimate of drug-likeness (QED) is 0.915. The third-order valence-corrected chi connectivity index (χ3v) is 4.30. The monoisotopic (exact) mass is 337 g/mol. The van der Waals surface area contributed by atoms with Gasteiger partial charge >= 0.3 is 6.09 Å². The van der Waals surface area contributed by atoms with Crippen LogP contribution in [0.2, 0.25) is 0 Å². The Labute approximate surface area is 146 Å². The zero-order chi connectivity index (χ0) is 17.5. The third kappa shape index (κ3) is 3.59. The molecule has 0 aliphatic carbocycles. The van der Waals surface area contributed by atoms with Crippen LogP contribution in [0.15, 0.2) is 48.9 Å². The molecule has 1 aliphatic heterocycles. The number of rotatable bonds is 4. The van der Waals surface area contributed by atoms with E-state index in [0.29, 0.717) is 25.3 Å². The van der Waals surface area contributed by atoms with Crippen LogP contribution < -0.4 is 5.32 Å². The van der Waals surface area contributed by atoms with Crippen molar-refractivity contribution in [2.75, 3.05) is 19.6 Å². The van der Waals surface area contributed by atoms with E-state index >= 15 is 0 Å². The molecule has 1 saturated heterocycles. The van der Waals surface area contributed by atoms with Crippen molar-refractivity contribution in [1.82, 2.24) is 20.2 Å². The van der Waals surface area contributed by atoms with Gasteiger partial charge in [0.25, 0.3) is 0 Å². The Morgan fingerprint density at radius 3 is 2.92 bits per heavy atom. The van der Waals surface area contributed by atoms with Crippen LogP contribution in [0.1, 0.15) is 17.7 Å². The van der Waals surface area contributed by atoms with Gasteiger partial charge in [-0.3, -0.25) is 4.90 Å². The van der Waals surface area contributed by atoms with Crippen molar-refractivity contribution in [1.29, 1.82) is 5.26 Å². The van der Waals surface area contributed by atoms with Gasteiger partial charge in [-0.15, -0.1) is 0 Å². The van der Waals surface area contributed by atoms with Crippen molar-refractivity contribution in [2.45, 2.75) is 18.6 Å². The molecule has 1 amide bonds. The lowest BCUT2D eigenvalue weighted by molar-refractivity contribution is 0.0285. The molecule has 2 heterocycles. The number of nitriles is 1. The van der Waals surface area contributed by atoms with E-state index in [1.165, 1.54) is 6.33 Å². The van der Waals surface area contributed by atoms with E-state index in [0.717, 1.165) is 5.56 Å². The highest BCUT2D eigenvalue weighted by Crippen LogP contribution is 2.32. The summed E-state index contributed by atoms with van der Waals surface area (Å²) < 4.78 is 5.50. The zero-order valence-corrected chi connectivity index (χ0v) is 13.8. The Balaban J connectivity index is 1.83. The van der Waals surface area contributed by atoms with Crippen molar-refractivity contribution in [3.8, 4) is 6.07 Å². The maximum atomic E-state index is 12.8. The third-order valence-electron chi connectivity index (χ3n) is 4.30. The second-order valence-corrected chi connectivity index (χ2v) is 5.83. The van der Waals surface area contributed by atoms with Gasteiger partial charge in [0.15, 0.2) is 0 Å². The van der Waals surface area contributed by atoms with Gasteiger partial charge < -0.3 is 10.1 Å². The Hall–Kier alpha value is -2.98. The van der Waals surface area contributed by atoms with E-state index in [-0.39, 0.29) is 13.0 Å². The van der Waals surface area contributed by atoms with Crippen molar-refractivity contribution >= 4 is 6.09 Å². The maximum absolute atomic E-state index is 12.8. The SMILES string of the molecule is N#CCC1(c2ccncn2)CNCCN1C(=O)OCc1ccccc1. The average Bonchev–Trinajstić information content (AvgIpc) is 2.68. The first kappa shape index (κ1) is 16.9. The number of amides is 1. The number of carbonyl (C=O) groups is 1. The molecule has 3 rings (SSSR count). The number of carbonyl (C=O) groups excluding carboxylic acids is 1. The summed E-state index contributed by atoms with van der Waals surface area (Å²) in [6, 6.07) is 13.4. The molecular formula is C18H19N5O2. The van der Waals surface area contributed by atoms with Crippen molar-refractivity contribution < 1.29 is 9.53 Å². The molecule has 1 fully saturated rings. The first-order valence-corrected chi connectivity index (χ1v) is 8.09. The fourth-order valence-electron chi connectivity index (χ4n) is 3.03. The second kappa shape index (κ2) is 7.73. The van der Waals surface area contributed by atoms with Crippen LogP contribution in [0, 0.1) is 11.3 Å². The van der Waals surface area contributed by atoms with Gasteiger partial charge in [-0.05, 0) is 11.6 Å². The summed E-state index contributed by atoms with van der Waals surface area (Å²) >= 11 is 0. The first-order chi connectivity index (χ1) is 12.3. The van der Waals surface area contributed by atoms with Gasteiger partial charge in [0.1, 0.15) is 18.5 Å². The lowest BCUT2D eigenvalue weighted by Crippen LogP contribution is -2.61. The molecule has 1 atom stereocenters. The van der Waals surface area contributed by atoms with Gasteiger partial charge in [0, 0.05) is 25.8 Å². The summed E-state index contributed by atoms with van der Waals surface area (Å²) in [5, 5.41) is 12.6. The van der Waals surface area contributed by atoms with E-state index in [9.17, 15) is 10.1 Å². The molecule has 0 radical (unpaired) electrons. The zero-order valence-electron chi connectivity index (χ0n) is 13.8. The van der Waals surface area contributed by atoms with Crippen LogP contribution in [0.3, 0.4) is 0 Å². The van der Waals surface area contributed by atoms with Crippen molar-refractivity contribution in [3.63, 3.8) is 0 Å². The highest BCUT2D eigenvalue weighted by atomic mass is 16.6. The summed E-state index contributed by atoms with van der Waals surface area (Å²) in [6.07, 6.45) is 2.72. The molecule has 2 aromatic rings. The van der Waals surface area contributed by atoms with Crippen LogP contribution in [0.4, 0.5) is 4.79 Å². The van der Waals surface area contributed by atoms with Crippen LogP contribution >= 0.6 is 0 Å². The molecule has 1 N–H and O–H groups in total. The highest BCUT2D eigenvalue weighted by Gasteiger charge is 2.45. The molecule has 1 aromatic heterocycles. The minimum absolute atomic E-state index is 0.122. The largest absolute Gasteiger partial charge is 0.445 e. The predicted octanol–water partition coefficient (Wildman–Crippen LogP) is 1.83. The van der Waals surface area contributed by atoms with Crippen LogP contribution in [0.5, 0.6) is 0 Å². The molecular weight excluding hydrogens is 318 g/mol. The standard InChI is InChI=1S/C18H19N5O2/c19-8-7-18(16-6-9-21-14-22-16)13-20-10-11-23(18)17(24)25-12-15-4-2-1-3-5-15/h1-6,9,14,20H,7,10-13H2. The van der Waals surface area contributed by atoms with Gasteiger partial charge in [-0.25, -0.2) is 14.8 Å². The Morgan fingerprint density at radius 1 is 1.36 bits per heavy atom. The van der Waals surface area contributed by atoms with E-state index in [2.05, 4.69) is 21.4 Å². The molecule has 7 heteroatoms. The summed E-state index contributed by atoms with van der Waals surface area (Å²) in [7, 11) is 0. The Bertz CT molecular complexity index is 747. The molecule has 0 spiro atoms. The summed E-state index contributed by atoms with van der Waals surface area (Å²) in [6.45, 7) is 1.71. The number of hydrogen-bond acceptors (Lipinski definition) is 6. The Morgan fingerprint density at radius 2 is 2.20 bits per heavy atom. The number of nitrogens with zero attached hydrogens (tertiary/aromatic N) is 4. The van der Waals surface area contributed by atoms with Gasteiger partial charge in [0.2, 0.25) is 0 Å². The van der Waals surface area contributed by atoms with Crippen LogP contribution in [0.25, 0.3) is 0 Å². The minimum Gasteiger partial charge on any atom is -0.445 e. The number of ether oxygens (including phenoxy) is 1. The molecule has 1 aliphatic rings. The van der Waals surface area contributed by atoms with E-state index in [4.69, 9.17) is 4.74 Å². The first-order valence-electron chi connectivity index (χ1n) is 8.09. The summed E-state index contributed by atoms with van der Waals surface area (Å²) in [5.74, 6) is 0. The van der Waals surface area contributed by atoms with Gasteiger partial charge in [-0.2, -0.15) is 5.26 Å². The summed E-state index contributed by atoms with van der Waals surface area (Å²) in [5.41, 5.74) is 0.691. The number of aromatic nitrogens is 2. The fraction of sp³-hybridized carbons (Fsp3) is 0.333. The smallest absolute Gasteiger partial charge is 0.411 e. The number of piperazine rings is 1. The minimum atomic E-state index is -0.857. The maximum Gasteiger partial charge on any atom is 0.411 e. The Kier molecular flexibility index (Phi) is 5.21. The molecule has 1 unspecified atom stereocenters. The molecule has 0 bridgehead atoms. The lowest BCUT2D eigenvalue weighted by atomic mass is 9.87. The number of benzene rings is 1. The van der Waals surface area contributed by atoms with E-state index in [1.807, 2.05) is 30.3 Å². The molecule has 0 saturated carbocycles. The van der Waals surface area contributed by atoms with Crippen LogP contribution in [-0.2, 0) is 16.9 Å². The highest BCUT2D eigenvalue weighted by molar-refractivity contribution is 5.69. The fourth-order valence-corrected chi connectivity index (χ4v) is 3.03. The molecule has 128 valence electrons. The predicted molar refractivity (Wildman–Crippen MR) is 90.1 cm³/mol. The lowest BCUT2D eigenvalue weighted by Gasteiger charge is -2.44. The number of hydrogen-bond donors (Lipinski definition) is 1. The van der Waals surface area contributed by atoms with Crippen molar-refractivity contribution in [3.05, 3.63) is 60.2 Å². The van der Waals surface area contributed by atoms with E-state index < -0.39 is 11.6 Å². The van der Waals surface area contributed by atoms with E-state index in [1.54, 1.807) is 17.2 Å². The molecule has 25 heavy (non-hydrogen) atoms. The molecule has 1 aromatic carbocycles. The second-order valence-electron chi connectivity index (χ2n) is 5.83.